The summed E-state index contributed by atoms with van der Waals surface area (Å²) in [5, 5.41) is 18.8. The standard InChI is InChI=1S/C12H17NO4/c1-12(2,10(13)11(15)16)8-6-7(17-3)4-5-9(8)14/h4-6,10,14H,13H2,1-3H3,(H,15,16). The molecule has 0 aliphatic rings. The van der Waals surface area contributed by atoms with Gasteiger partial charge in [0.25, 0.3) is 0 Å². The molecule has 1 aromatic rings. The maximum atomic E-state index is 10.9. The lowest BCUT2D eigenvalue weighted by Crippen LogP contribution is -2.46. The van der Waals surface area contributed by atoms with E-state index < -0.39 is 17.4 Å². The summed E-state index contributed by atoms with van der Waals surface area (Å²) in [6.45, 7) is 3.33. The Morgan fingerprint density at radius 3 is 2.53 bits per heavy atom. The van der Waals surface area contributed by atoms with E-state index in [1.165, 1.54) is 13.2 Å². The molecule has 0 amide bonds. The normalized spacial score (nSPS) is 13.2. The molecule has 1 aromatic carbocycles. The fraction of sp³-hybridized carbons (Fsp3) is 0.417. The van der Waals surface area contributed by atoms with E-state index in [-0.39, 0.29) is 5.75 Å². The predicted molar refractivity (Wildman–Crippen MR) is 63.3 cm³/mol. The summed E-state index contributed by atoms with van der Waals surface area (Å²) >= 11 is 0. The van der Waals surface area contributed by atoms with Crippen molar-refractivity contribution in [1.82, 2.24) is 0 Å². The van der Waals surface area contributed by atoms with E-state index in [9.17, 15) is 9.90 Å². The van der Waals surface area contributed by atoms with E-state index in [0.29, 0.717) is 11.3 Å². The van der Waals surface area contributed by atoms with Crippen molar-refractivity contribution in [2.24, 2.45) is 5.73 Å². The first-order valence-corrected chi connectivity index (χ1v) is 5.16. The van der Waals surface area contributed by atoms with Crippen molar-refractivity contribution < 1.29 is 19.7 Å². The number of methoxy groups -OCH3 is 1. The van der Waals surface area contributed by atoms with E-state index in [1.807, 2.05) is 0 Å². The number of hydrogen-bond donors (Lipinski definition) is 3. The Kier molecular flexibility index (Phi) is 3.63. The number of nitrogens with two attached hydrogens (primary N) is 1. The summed E-state index contributed by atoms with van der Waals surface area (Å²) in [6.07, 6.45) is 0. The average molecular weight is 239 g/mol. The van der Waals surface area contributed by atoms with Gasteiger partial charge in [0.1, 0.15) is 17.5 Å². The van der Waals surface area contributed by atoms with Gasteiger partial charge in [-0.3, -0.25) is 4.79 Å². The number of aromatic hydroxyl groups is 1. The van der Waals surface area contributed by atoms with Crippen LogP contribution < -0.4 is 10.5 Å². The average Bonchev–Trinajstić information content (AvgIpc) is 2.28. The fourth-order valence-corrected chi connectivity index (χ4v) is 1.63. The second kappa shape index (κ2) is 4.63. The zero-order valence-electron chi connectivity index (χ0n) is 10.1. The van der Waals surface area contributed by atoms with Crippen molar-refractivity contribution in [3.05, 3.63) is 23.8 Å². The quantitative estimate of drug-likeness (QED) is 0.731. The minimum atomic E-state index is -1.11. The van der Waals surface area contributed by atoms with E-state index in [1.54, 1.807) is 26.0 Å². The summed E-state index contributed by atoms with van der Waals surface area (Å²) < 4.78 is 5.05. The van der Waals surface area contributed by atoms with Gasteiger partial charge in [-0.25, -0.2) is 0 Å². The maximum absolute atomic E-state index is 10.9. The number of aliphatic carboxylic acids is 1. The Hall–Kier alpha value is -1.75. The fourth-order valence-electron chi connectivity index (χ4n) is 1.63. The van der Waals surface area contributed by atoms with Gasteiger partial charge in [-0.05, 0) is 18.2 Å². The highest BCUT2D eigenvalue weighted by Crippen LogP contribution is 2.35. The van der Waals surface area contributed by atoms with Crippen molar-refractivity contribution in [2.75, 3.05) is 7.11 Å². The molecule has 5 heteroatoms. The lowest BCUT2D eigenvalue weighted by Gasteiger charge is -2.30. The number of carboxylic acids is 1. The highest BCUT2D eigenvalue weighted by molar-refractivity contribution is 5.76. The number of benzene rings is 1. The van der Waals surface area contributed by atoms with Crippen molar-refractivity contribution in [1.29, 1.82) is 0 Å². The molecule has 0 fully saturated rings. The number of rotatable bonds is 4. The lowest BCUT2D eigenvalue weighted by atomic mass is 9.77. The van der Waals surface area contributed by atoms with Gasteiger partial charge in [-0.15, -0.1) is 0 Å². The van der Waals surface area contributed by atoms with Gasteiger partial charge in [0.2, 0.25) is 0 Å². The van der Waals surface area contributed by atoms with Crippen LogP contribution in [-0.2, 0) is 10.2 Å². The maximum Gasteiger partial charge on any atom is 0.321 e. The predicted octanol–water partition coefficient (Wildman–Crippen LogP) is 1.09. The van der Waals surface area contributed by atoms with Crippen molar-refractivity contribution in [2.45, 2.75) is 25.3 Å². The molecule has 0 aromatic heterocycles. The van der Waals surface area contributed by atoms with Gasteiger partial charge in [-0.1, -0.05) is 13.8 Å². The molecule has 0 saturated carbocycles. The van der Waals surface area contributed by atoms with E-state index in [0.717, 1.165) is 0 Å². The molecule has 0 bridgehead atoms. The molecule has 0 aliphatic heterocycles. The number of ether oxygens (including phenoxy) is 1. The van der Waals surface area contributed by atoms with E-state index >= 15 is 0 Å². The minimum absolute atomic E-state index is 0.00694. The Morgan fingerprint density at radius 1 is 1.47 bits per heavy atom. The molecule has 4 N–H and O–H groups in total. The number of carboxylic acid groups (broad SMARTS) is 1. The Morgan fingerprint density at radius 2 is 2.06 bits per heavy atom. The second-order valence-corrected chi connectivity index (χ2v) is 4.42. The SMILES string of the molecule is COc1ccc(O)c(C(C)(C)C(N)C(=O)O)c1. The van der Waals surface area contributed by atoms with Gasteiger partial charge in [0, 0.05) is 11.0 Å². The number of phenolic OH excluding ortho intramolecular Hbond substituents is 1. The van der Waals surface area contributed by atoms with Gasteiger partial charge in [-0.2, -0.15) is 0 Å². The molecule has 1 atom stereocenters. The number of carbonyl (C=O) groups is 1. The molecule has 5 nitrogen and oxygen atoms in total. The van der Waals surface area contributed by atoms with Crippen LogP contribution in [0.5, 0.6) is 11.5 Å². The molecule has 17 heavy (non-hydrogen) atoms. The van der Waals surface area contributed by atoms with E-state index in [2.05, 4.69) is 0 Å². The van der Waals surface area contributed by atoms with Crippen LogP contribution in [0.3, 0.4) is 0 Å². The largest absolute Gasteiger partial charge is 0.508 e. The molecular weight excluding hydrogens is 222 g/mol. The van der Waals surface area contributed by atoms with Gasteiger partial charge < -0.3 is 20.7 Å². The molecule has 0 heterocycles. The van der Waals surface area contributed by atoms with Crippen LogP contribution in [0.25, 0.3) is 0 Å². The monoisotopic (exact) mass is 239 g/mol. The molecular formula is C12H17NO4. The third-order valence-corrected chi connectivity index (χ3v) is 2.94. The van der Waals surface area contributed by atoms with E-state index in [4.69, 9.17) is 15.6 Å². The Labute approximate surface area is 99.8 Å². The zero-order chi connectivity index (χ0) is 13.2. The number of phenols is 1. The van der Waals surface area contributed by atoms with Crippen LogP contribution in [0.2, 0.25) is 0 Å². The minimum Gasteiger partial charge on any atom is -0.508 e. The Balaban J connectivity index is 3.26. The van der Waals surface area contributed by atoms with Crippen molar-refractivity contribution in [3.63, 3.8) is 0 Å². The molecule has 0 radical (unpaired) electrons. The molecule has 94 valence electrons. The highest BCUT2D eigenvalue weighted by atomic mass is 16.5. The van der Waals surface area contributed by atoms with Gasteiger partial charge >= 0.3 is 5.97 Å². The lowest BCUT2D eigenvalue weighted by molar-refractivity contribution is -0.140. The summed E-state index contributed by atoms with van der Waals surface area (Å²) in [5.41, 5.74) is 5.19. The smallest absolute Gasteiger partial charge is 0.321 e. The third-order valence-electron chi connectivity index (χ3n) is 2.94. The first-order valence-electron chi connectivity index (χ1n) is 5.16. The Bertz CT molecular complexity index is 429. The highest BCUT2D eigenvalue weighted by Gasteiger charge is 2.36. The van der Waals surface area contributed by atoms with Crippen LogP contribution in [-0.4, -0.2) is 29.3 Å². The van der Waals surface area contributed by atoms with Gasteiger partial charge in [0.15, 0.2) is 0 Å². The molecule has 1 rings (SSSR count). The van der Waals surface area contributed by atoms with Crippen LogP contribution in [0, 0.1) is 0 Å². The summed E-state index contributed by atoms with van der Waals surface area (Å²) in [7, 11) is 1.50. The molecule has 1 unspecified atom stereocenters. The first kappa shape index (κ1) is 13.3. The summed E-state index contributed by atoms with van der Waals surface area (Å²) in [6, 6.07) is 3.55. The molecule has 0 saturated heterocycles. The van der Waals surface area contributed by atoms with Crippen LogP contribution in [0.15, 0.2) is 18.2 Å². The summed E-state index contributed by atoms with van der Waals surface area (Å²) in [4.78, 5) is 10.9. The third kappa shape index (κ3) is 2.50. The first-order chi connectivity index (χ1) is 7.80. The number of hydrogen-bond acceptors (Lipinski definition) is 4. The van der Waals surface area contributed by atoms with Gasteiger partial charge in [0.05, 0.1) is 7.11 Å². The molecule has 0 spiro atoms. The zero-order valence-corrected chi connectivity index (χ0v) is 10.1. The van der Waals surface area contributed by atoms with Crippen LogP contribution >= 0.6 is 0 Å². The second-order valence-electron chi connectivity index (χ2n) is 4.42. The van der Waals surface area contributed by atoms with Crippen molar-refractivity contribution >= 4 is 5.97 Å². The van der Waals surface area contributed by atoms with Crippen LogP contribution in [0.1, 0.15) is 19.4 Å². The van der Waals surface area contributed by atoms with Crippen LogP contribution in [0.4, 0.5) is 0 Å². The topological polar surface area (TPSA) is 92.8 Å². The van der Waals surface area contributed by atoms with Crippen molar-refractivity contribution in [3.8, 4) is 11.5 Å². The summed E-state index contributed by atoms with van der Waals surface area (Å²) in [5.74, 6) is -0.562. The molecule has 0 aliphatic carbocycles.